The van der Waals surface area contributed by atoms with Crippen molar-refractivity contribution in [3.8, 4) is 0 Å². The van der Waals surface area contributed by atoms with Crippen LogP contribution in [0, 0.1) is 5.92 Å². The fourth-order valence-corrected chi connectivity index (χ4v) is 4.08. The quantitative estimate of drug-likeness (QED) is 0.231. The lowest BCUT2D eigenvalue weighted by Crippen LogP contribution is -2.57. The number of aliphatic carboxylic acids is 2. The highest BCUT2D eigenvalue weighted by atomic mass is 31.2. The van der Waals surface area contributed by atoms with Crippen LogP contribution in [0.4, 0.5) is 0 Å². The van der Waals surface area contributed by atoms with Gasteiger partial charge in [0.05, 0.1) is 24.5 Å². The van der Waals surface area contributed by atoms with Crippen molar-refractivity contribution >= 4 is 27.1 Å². The number of carbonyl (C=O) groups excluding carboxylic acids is 2. The van der Waals surface area contributed by atoms with Gasteiger partial charge in [0.2, 0.25) is 4.90 Å². The second kappa shape index (κ2) is 5.06. The Morgan fingerprint density at radius 3 is 1.33 bits per heavy atom. The molecule has 0 saturated heterocycles. The fourth-order valence-electron chi connectivity index (χ4n) is 1.26. The Balaban J connectivity index is 6.40. The van der Waals surface area contributed by atoms with Gasteiger partial charge >= 0.3 is 15.2 Å². The summed E-state index contributed by atoms with van der Waals surface area (Å²) < 4.78 is 22.1. The summed E-state index contributed by atoms with van der Waals surface area (Å²) in [6, 6.07) is 0. The van der Waals surface area contributed by atoms with E-state index in [1.807, 2.05) is 0 Å². The Morgan fingerprint density at radius 1 is 1.00 bits per heavy atom. The third kappa shape index (κ3) is 2.62. The first-order valence-corrected chi connectivity index (χ1v) is 7.19. The van der Waals surface area contributed by atoms with E-state index >= 15 is 0 Å². The molecule has 13 heteroatoms. The molecule has 0 fully saturated rings. The van der Waals surface area contributed by atoms with E-state index in [1.54, 1.807) is 0 Å². The molecule has 0 saturated carbocycles. The van der Waals surface area contributed by atoms with Gasteiger partial charge in [-0.25, -0.2) is 0 Å². The van der Waals surface area contributed by atoms with Crippen LogP contribution in [0.5, 0.6) is 0 Å². The number of hydrogen-bond donors (Lipinski definition) is 5. The number of hydrogen-bond acceptors (Lipinski definition) is 7. The predicted molar refractivity (Wildman–Crippen MR) is 47.4 cm³/mol. The normalized spacial score (nSPS) is 13.7. The summed E-state index contributed by atoms with van der Waals surface area (Å²) in [6.07, 6.45) is 0. The molecule has 0 aliphatic heterocycles. The van der Waals surface area contributed by atoms with Crippen LogP contribution < -0.4 is 10.2 Å². The number of carboxylic acid groups (broad SMARTS) is 2. The van der Waals surface area contributed by atoms with Gasteiger partial charge in [-0.3, -0.25) is 9.13 Å². The highest BCUT2D eigenvalue weighted by Gasteiger charge is 2.65. The van der Waals surface area contributed by atoms with E-state index in [1.165, 1.54) is 0 Å². The number of aliphatic hydroxyl groups excluding tert-OH is 1. The van der Waals surface area contributed by atoms with Crippen molar-refractivity contribution in [3.63, 3.8) is 0 Å². The molecule has 18 heavy (non-hydrogen) atoms. The molecule has 0 heterocycles. The van der Waals surface area contributed by atoms with Crippen molar-refractivity contribution in [2.45, 2.75) is 4.90 Å². The van der Waals surface area contributed by atoms with E-state index in [4.69, 9.17) is 24.7 Å². The Morgan fingerprint density at radius 2 is 1.28 bits per heavy atom. The molecule has 0 aromatic heterocycles. The van der Waals surface area contributed by atoms with Crippen molar-refractivity contribution in [2.24, 2.45) is 5.92 Å². The molecule has 106 valence electrons. The number of carboxylic acids is 2. The first-order valence-electron chi connectivity index (χ1n) is 3.96. The van der Waals surface area contributed by atoms with Crippen molar-refractivity contribution in [2.75, 3.05) is 6.61 Å². The molecule has 0 unspecified atom stereocenters. The first-order chi connectivity index (χ1) is 7.83. The molecule has 0 aromatic rings. The lowest BCUT2D eigenvalue weighted by molar-refractivity contribution is -0.333. The first kappa shape index (κ1) is 17.2. The highest BCUT2D eigenvalue weighted by Crippen LogP contribution is 2.71. The number of aliphatic hydroxyl groups is 1. The number of carbonyl (C=O) groups is 2. The van der Waals surface area contributed by atoms with Crippen molar-refractivity contribution in [1.82, 2.24) is 0 Å². The van der Waals surface area contributed by atoms with E-state index < -0.39 is 44.6 Å². The van der Waals surface area contributed by atoms with Crippen molar-refractivity contribution < 1.29 is 53.6 Å². The van der Waals surface area contributed by atoms with Gasteiger partial charge in [0.1, 0.15) is 0 Å². The lowest BCUT2D eigenvalue weighted by atomic mass is 10.1. The van der Waals surface area contributed by atoms with Crippen LogP contribution in [-0.2, 0) is 18.7 Å². The topological polar surface area (TPSA) is 216 Å². The summed E-state index contributed by atoms with van der Waals surface area (Å²) in [7, 11) is -12.1. The largest absolute Gasteiger partial charge is 0.549 e. The van der Waals surface area contributed by atoms with E-state index in [-0.39, 0.29) is 0 Å². The van der Waals surface area contributed by atoms with Crippen LogP contribution in [0.3, 0.4) is 0 Å². The van der Waals surface area contributed by atoms with Crippen LogP contribution >= 0.6 is 15.2 Å². The smallest absolute Gasteiger partial charge is 0.347 e. The zero-order valence-electron chi connectivity index (χ0n) is 8.36. The van der Waals surface area contributed by atoms with Gasteiger partial charge < -0.3 is 44.5 Å². The SMILES string of the molecule is O=C([O-])C(C(=O)[O-])C(CO)(P(=O)(O)O)P(=O)(O)O. The molecule has 0 aliphatic rings. The molecular formula is C5H8O11P2-2. The summed E-state index contributed by atoms with van der Waals surface area (Å²) in [4.78, 5) is 52.2. The maximum atomic E-state index is 11.0. The fraction of sp³-hybridized carbons (Fsp3) is 0.600. The van der Waals surface area contributed by atoms with Crippen LogP contribution in [0.1, 0.15) is 0 Å². The van der Waals surface area contributed by atoms with Crippen LogP contribution in [0.15, 0.2) is 0 Å². The van der Waals surface area contributed by atoms with Gasteiger partial charge in [0.15, 0.2) is 0 Å². The Hall–Kier alpha value is -0.800. The molecule has 0 atom stereocenters. The number of rotatable bonds is 6. The average Bonchev–Trinajstić information content (AvgIpc) is 2.07. The van der Waals surface area contributed by atoms with Crippen LogP contribution in [0.25, 0.3) is 0 Å². The highest BCUT2D eigenvalue weighted by molar-refractivity contribution is 7.72. The summed E-state index contributed by atoms with van der Waals surface area (Å²) >= 11 is 0. The van der Waals surface area contributed by atoms with Gasteiger partial charge in [-0.05, 0) is 0 Å². The summed E-state index contributed by atoms with van der Waals surface area (Å²) in [5, 5.41) is 29.8. The minimum absolute atomic E-state index is 2.10. The molecule has 0 aromatic carbocycles. The average molecular weight is 306 g/mol. The van der Waals surface area contributed by atoms with Crippen molar-refractivity contribution in [1.29, 1.82) is 0 Å². The summed E-state index contributed by atoms with van der Waals surface area (Å²) in [6.45, 7) is -2.10. The Bertz CT molecular complexity index is 406. The van der Waals surface area contributed by atoms with Crippen LogP contribution in [-0.4, -0.2) is 48.1 Å². The monoisotopic (exact) mass is 306 g/mol. The Labute approximate surface area is 99.0 Å². The molecule has 0 spiro atoms. The summed E-state index contributed by atoms with van der Waals surface area (Å²) in [5.74, 6) is -8.82. The predicted octanol–water partition coefficient (Wildman–Crippen LogP) is -4.85. The minimum Gasteiger partial charge on any atom is -0.549 e. The minimum atomic E-state index is -6.05. The van der Waals surface area contributed by atoms with E-state index in [0.717, 1.165) is 0 Å². The third-order valence-electron chi connectivity index (χ3n) is 2.18. The third-order valence-corrected chi connectivity index (χ3v) is 6.56. The van der Waals surface area contributed by atoms with Gasteiger partial charge in [0, 0.05) is 0 Å². The van der Waals surface area contributed by atoms with E-state index in [0.29, 0.717) is 0 Å². The van der Waals surface area contributed by atoms with Crippen molar-refractivity contribution in [3.05, 3.63) is 0 Å². The molecule has 0 aliphatic carbocycles. The van der Waals surface area contributed by atoms with Gasteiger partial charge in [-0.15, -0.1) is 0 Å². The zero-order valence-corrected chi connectivity index (χ0v) is 10.2. The standard InChI is InChI=1S/C5H10O11P2/c6-1-5(17(11,12)13,18(14,15)16)2(3(7)8)4(9)10/h2,6H,1H2,(H,7,8)(H,9,10)(H2,11,12,13)(H2,14,15,16)/p-2. The second-order valence-corrected chi connectivity index (χ2v) is 7.32. The maximum absolute atomic E-state index is 11.0. The molecule has 0 amide bonds. The van der Waals surface area contributed by atoms with E-state index in [9.17, 15) is 28.9 Å². The van der Waals surface area contributed by atoms with Gasteiger partial charge in [-0.2, -0.15) is 0 Å². The van der Waals surface area contributed by atoms with Crippen LogP contribution in [0.2, 0.25) is 0 Å². The van der Waals surface area contributed by atoms with Gasteiger partial charge in [-0.1, -0.05) is 0 Å². The Kier molecular flexibility index (Phi) is 4.83. The molecule has 0 rings (SSSR count). The van der Waals surface area contributed by atoms with E-state index in [2.05, 4.69) is 0 Å². The second-order valence-electron chi connectivity index (χ2n) is 3.20. The molecule has 0 bridgehead atoms. The lowest BCUT2D eigenvalue weighted by Gasteiger charge is -2.40. The molecule has 0 radical (unpaired) electrons. The molecular weight excluding hydrogens is 298 g/mol. The molecule has 5 N–H and O–H groups in total. The zero-order chi connectivity index (χ0) is 14.9. The summed E-state index contributed by atoms with van der Waals surface area (Å²) in [5.41, 5.74) is 0. The maximum Gasteiger partial charge on any atom is 0.347 e. The van der Waals surface area contributed by atoms with Gasteiger partial charge in [0.25, 0.3) is 0 Å². The molecule has 11 nitrogen and oxygen atoms in total.